The average molecular weight is 260 g/mol. The molecule has 5 heteroatoms. The Morgan fingerprint density at radius 1 is 1.39 bits per heavy atom. The van der Waals surface area contributed by atoms with Gasteiger partial charge in [0, 0.05) is 11.6 Å². The van der Waals surface area contributed by atoms with E-state index in [1.54, 1.807) is 13.0 Å². The number of nitrogens with zero attached hydrogens (tertiary/aromatic N) is 2. The van der Waals surface area contributed by atoms with E-state index in [1.807, 2.05) is 30.3 Å². The second kappa shape index (κ2) is 6.07. The standard InChI is InChI=1S/C13H12N2O2S/c1-2-17-12(16)9-8-11-14-13(15-18-11)10-6-4-3-5-7-10/h3-9H,2H2,1H3/b9-8+. The number of carbonyl (C=O) groups excluding carboxylic acids is 1. The van der Waals surface area contributed by atoms with Crippen LogP contribution < -0.4 is 0 Å². The first-order chi connectivity index (χ1) is 8.79. The lowest BCUT2D eigenvalue weighted by molar-refractivity contribution is -0.137. The Kier molecular flexibility index (Phi) is 4.20. The van der Waals surface area contributed by atoms with E-state index in [4.69, 9.17) is 4.74 Å². The molecule has 2 rings (SSSR count). The molecule has 0 fully saturated rings. The van der Waals surface area contributed by atoms with E-state index in [9.17, 15) is 4.79 Å². The summed E-state index contributed by atoms with van der Waals surface area (Å²) in [5.74, 6) is 0.304. The number of carbonyl (C=O) groups is 1. The molecule has 18 heavy (non-hydrogen) atoms. The van der Waals surface area contributed by atoms with Crippen molar-refractivity contribution in [1.29, 1.82) is 0 Å². The van der Waals surface area contributed by atoms with Crippen molar-refractivity contribution in [3.8, 4) is 11.4 Å². The maximum Gasteiger partial charge on any atom is 0.330 e. The lowest BCUT2D eigenvalue weighted by Gasteiger charge is -1.93. The molecule has 0 aliphatic rings. The van der Waals surface area contributed by atoms with Gasteiger partial charge < -0.3 is 4.74 Å². The summed E-state index contributed by atoms with van der Waals surface area (Å²) in [5.41, 5.74) is 0.963. The van der Waals surface area contributed by atoms with E-state index in [1.165, 1.54) is 17.6 Å². The molecule has 0 spiro atoms. The first-order valence-corrected chi connectivity index (χ1v) is 6.31. The van der Waals surface area contributed by atoms with Gasteiger partial charge in [-0.2, -0.15) is 4.37 Å². The molecule has 0 unspecified atom stereocenters. The summed E-state index contributed by atoms with van der Waals surface area (Å²) >= 11 is 1.25. The third kappa shape index (κ3) is 3.24. The van der Waals surface area contributed by atoms with Crippen LogP contribution in [-0.4, -0.2) is 21.9 Å². The maximum absolute atomic E-state index is 11.1. The van der Waals surface area contributed by atoms with Crippen LogP contribution in [0.15, 0.2) is 36.4 Å². The minimum absolute atomic E-state index is 0.367. The van der Waals surface area contributed by atoms with E-state index >= 15 is 0 Å². The zero-order chi connectivity index (χ0) is 12.8. The summed E-state index contributed by atoms with van der Waals surface area (Å²) in [5, 5.41) is 0.682. The molecule has 92 valence electrons. The molecule has 0 aliphatic carbocycles. The molecule has 0 amide bonds. The second-order valence-electron chi connectivity index (χ2n) is 3.41. The van der Waals surface area contributed by atoms with Gasteiger partial charge in [-0.05, 0) is 24.5 Å². The summed E-state index contributed by atoms with van der Waals surface area (Å²) in [7, 11) is 0. The lowest BCUT2D eigenvalue weighted by atomic mass is 10.2. The molecule has 0 saturated carbocycles. The summed E-state index contributed by atoms with van der Waals surface area (Å²) in [6.45, 7) is 2.14. The van der Waals surface area contributed by atoms with Gasteiger partial charge in [0.2, 0.25) is 0 Å². The van der Waals surface area contributed by atoms with Crippen LogP contribution in [0.4, 0.5) is 0 Å². The highest BCUT2D eigenvalue weighted by Crippen LogP contribution is 2.18. The topological polar surface area (TPSA) is 52.1 Å². The fraction of sp³-hybridized carbons (Fsp3) is 0.154. The predicted molar refractivity (Wildman–Crippen MR) is 71.0 cm³/mol. The maximum atomic E-state index is 11.1. The summed E-state index contributed by atoms with van der Waals surface area (Å²) in [6, 6.07) is 9.70. The normalized spacial score (nSPS) is 10.7. The fourth-order valence-electron chi connectivity index (χ4n) is 1.34. The average Bonchev–Trinajstić information content (AvgIpc) is 2.87. The van der Waals surface area contributed by atoms with E-state index in [2.05, 4.69) is 9.36 Å². The van der Waals surface area contributed by atoms with Crippen LogP contribution in [-0.2, 0) is 9.53 Å². The van der Waals surface area contributed by atoms with Crippen LogP contribution in [0.3, 0.4) is 0 Å². The van der Waals surface area contributed by atoms with Crippen molar-refractivity contribution >= 4 is 23.6 Å². The fourth-order valence-corrected chi connectivity index (χ4v) is 1.92. The molecular weight excluding hydrogens is 248 g/mol. The molecule has 1 aromatic carbocycles. The Hall–Kier alpha value is -2.01. The van der Waals surface area contributed by atoms with Crippen LogP contribution in [0, 0.1) is 0 Å². The Balaban J connectivity index is 2.09. The van der Waals surface area contributed by atoms with Crippen LogP contribution in [0.1, 0.15) is 11.9 Å². The zero-order valence-electron chi connectivity index (χ0n) is 9.87. The van der Waals surface area contributed by atoms with Crippen molar-refractivity contribution in [2.75, 3.05) is 6.61 Å². The van der Waals surface area contributed by atoms with Gasteiger partial charge >= 0.3 is 5.97 Å². The van der Waals surface area contributed by atoms with E-state index < -0.39 is 0 Å². The summed E-state index contributed by atoms with van der Waals surface area (Å²) in [6.07, 6.45) is 2.97. The summed E-state index contributed by atoms with van der Waals surface area (Å²) in [4.78, 5) is 15.5. The molecular formula is C13H12N2O2S. The van der Waals surface area contributed by atoms with E-state index in [-0.39, 0.29) is 5.97 Å². The molecule has 0 saturated heterocycles. The Labute approximate surface area is 109 Å². The first kappa shape index (κ1) is 12.4. The molecule has 4 nitrogen and oxygen atoms in total. The molecule has 0 N–H and O–H groups in total. The molecule has 1 heterocycles. The highest BCUT2D eigenvalue weighted by atomic mass is 32.1. The van der Waals surface area contributed by atoms with Crippen molar-refractivity contribution in [2.45, 2.75) is 6.92 Å². The monoisotopic (exact) mass is 260 g/mol. The number of hydrogen-bond donors (Lipinski definition) is 0. The quantitative estimate of drug-likeness (QED) is 0.626. The Morgan fingerprint density at radius 2 is 2.17 bits per heavy atom. The number of rotatable bonds is 4. The van der Waals surface area contributed by atoms with Gasteiger partial charge in [0.1, 0.15) is 5.01 Å². The van der Waals surface area contributed by atoms with Crippen molar-refractivity contribution in [2.24, 2.45) is 0 Å². The third-order valence-electron chi connectivity index (χ3n) is 2.12. The Bertz CT molecular complexity index is 549. The smallest absolute Gasteiger partial charge is 0.330 e. The predicted octanol–water partition coefficient (Wildman–Crippen LogP) is 2.78. The van der Waals surface area contributed by atoms with Crippen molar-refractivity contribution in [3.05, 3.63) is 41.4 Å². The highest BCUT2D eigenvalue weighted by Gasteiger charge is 2.04. The van der Waals surface area contributed by atoms with Crippen molar-refractivity contribution < 1.29 is 9.53 Å². The molecule has 0 bridgehead atoms. The molecule has 1 aromatic heterocycles. The second-order valence-corrected chi connectivity index (χ2v) is 4.19. The van der Waals surface area contributed by atoms with Gasteiger partial charge in [0.05, 0.1) is 6.61 Å². The third-order valence-corrected chi connectivity index (χ3v) is 2.80. The Morgan fingerprint density at radius 3 is 2.89 bits per heavy atom. The number of ether oxygens (including phenoxy) is 1. The van der Waals surface area contributed by atoms with Crippen LogP contribution >= 0.6 is 11.5 Å². The SMILES string of the molecule is CCOC(=O)/C=C/c1nc(-c2ccccc2)ns1. The van der Waals surface area contributed by atoms with Crippen molar-refractivity contribution in [3.63, 3.8) is 0 Å². The molecule has 0 atom stereocenters. The molecule has 2 aromatic rings. The molecule has 0 aliphatic heterocycles. The van der Waals surface area contributed by atoms with Gasteiger partial charge in [0.25, 0.3) is 0 Å². The zero-order valence-corrected chi connectivity index (χ0v) is 10.7. The summed E-state index contributed by atoms with van der Waals surface area (Å²) < 4.78 is 9.02. The highest BCUT2D eigenvalue weighted by molar-refractivity contribution is 7.06. The minimum Gasteiger partial charge on any atom is -0.463 e. The van der Waals surface area contributed by atoms with Crippen LogP contribution in [0.2, 0.25) is 0 Å². The molecule has 0 radical (unpaired) electrons. The van der Waals surface area contributed by atoms with E-state index in [0.717, 1.165) is 5.56 Å². The van der Waals surface area contributed by atoms with Gasteiger partial charge in [-0.3, -0.25) is 0 Å². The van der Waals surface area contributed by atoms with Gasteiger partial charge in [0.15, 0.2) is 5.82 Å². The number of benzene rings is 1. The lowest BCUT2D eigenvalue weighted by Crippen LogP contribution is -1.98. The largest absolute Gasteiger partial charge is 0.463 e. The van der Waals surface area contributed by atoms with Gasteiger partial charge in [-0.1, -0.05) is 30.3 Å². The van der Waals surface area contributed by atoms with Crippen molar-refractivity contribution in [1.82, 2.24) is 9.36 Å². The number of esters is 1. The van der Waals surface area contributed by atoms with Gasteiger partial charge in [-0.25, -0.2) is 9.78 Å². The first-order valence-electron chi connectivity index (χ1n) is 5.53. The minimum atomic E-state index is -0.367. The number of aromatic nitrogens is 2. The van der Waals surface area contributed by atoms with Crippen LogP contribution in [0.5, 0.6) is 0 Å². The van der Waals surface area contributed by atoms with Crippen LogP contribution in [0.25, 0.3) is 17.5 Å². The van der Waals surface area contributed by atoms with Gasteiger partial charge in [-0.15, -0.1) is 0 Å². The van der Waals surface area contributed by atoms with E-state index in [0.29, 0.717) is 17.4 Å². The number of hydrogen-bond acceptors (Lipinski definition) is 5.